The standard InChI is InChI=1S/C21H20ClN3O2/c22-18-8-6-17(7-9-18)21(27)25-14-11-19(26)23-13-10-16-4-1-3-15-5-2-12-24-20(15)16/h1-9,12H,10-11,13-14H2,(H,23,26)(H,25,27). The van der Waals surface area contributed by atoms with Crippen LogP contribution >= 0.6 is 11.6 Å². The van der Waals surface area contributed by atoms with Crippen molar-refractivity contribution in [3.05, 3.63) is 76.9 Å². The summed E-state index contributed by atoms with van der Waals surface area (Å²) in [4.78, 5) is 28.3. The number of benzene rings is 2. The molecule has 0 saturated carbocycles. The van der Waals surface area contributed by atoms with Gasteiger partial charge in [0, 0.05) is 41.7 Å². The fourth-order valence-corrected chi connectivity index (χ4v) is 2.91. The molecule has 1 heterocycles. The maximum absolute atomic E-state index is 12.0. The smallest absolute Gasteiger partial charge is 0.251 e. The second-order valence-corrected chi connectivity index (χ2v) is 6.54. The fourth-order valence-electron chi connectivity index (χ4n) is 2.79. The second-order valence-electron chi connectivity index (χ2n) is 6.11. The van der Waals surface area contributed by atoms with Crippen LogP contribution in [0.2, 0.25) is 5.02 Å². The summed E-state index contributed by atoms with van der Waals surface area (Å²) in [6, 6.07) is 16.6. The van der Waals surface area contributed by atoms with E-state index in [0.29, 0.717) is 23.6 Å². The normalized spacial score (nSPS) is 10.6. The number of nitrogens with one attached hydrogen (secondary N) is 2. The lowest BCUT2D eigenvalue weighted by Gasteiger charge is -2.08. The van der Waals surface area contributed by atoms with Gasteiger partial charge in [-0.2, -0.15) is 0 Å². The van der Waals surface area contributed by atoms with Crippen LogP contribution in [-0.4, -0.2) is 29.9 Å². The van der Waals surface area contributed by atoms with Crippen LogP contribution in [0.15, 0.2) is 60.8 Å². The average molecular weight is 382 g/mol. The van der Waals surface area contributed by atoms with E-state index >= 15 is 0 Å². The zero-order valence-corrected chi connectivity index (χ0v) is 15.5. The quantitative estimate of drug-likeness (QED) is 0.659. The van der Waals surface area contributed by atoms with Gasteiger partial charge < -0.3 is 10.6 Å². The van der Waals surface area contributed by atoms with Crippen molar-refractivity contribution in [1.29, 1.82) is 0 Å². The van der Waals surface area contributed by atoms with E-state index in [-0.39, 0.29) is 24.8 Å². The van der Waals surface area contributed by atoms with Crippen molar-refractivity contribution in [1.82, 2.24) is 15.6 Å². The van der Waals surface area contributed by atoms with E-state index in [9.17, 15) is 9.59 Å². The molecule has 0 unspecified atom stereocenters. The highest BCUT2D eigenvalue weighted by Crippen LogP contribution is 2.16. The number of hydrogen-bond donors (Lipinski definition) is 2. The van der Waals surface area contributed by atoms with Gasteiger partial charge in [-0.1, -0.05) is 35.9 Å². The number of fused-ring (bicyclic) bond motifs is 1. The van der Waals surface area contributed by atoms with Gasteiger partial charge in [0.2, 0.25) is 5.91 Å². The molecule has 0 spiro atoms. The van der Waals surface area contributed by atoms with Gasteiger partial charge in [0.15, 0.2) is 0 Å². The number of carbonyl (C=O) groups is 2. The molecule has 0 atom stereocenters. The van der Waals surface area contributed by atoms with Crippen LogP contribution in [0.5, 0.6) is 0 Å². The number of para-hydroxylation sites is 1. The minimum atomic E-state index is -0.221. The molecular formula is C21H20ClN3O2. The number of halogens is 1. The highest BCUT2D eigenvalue weighted by molar-refractivity contribution is 6.30. The molecule has 6 heteroatoms. The fraction of sp³-hybridized carbons (Fsp3) is 0.190. The summed E-state index contributed by atoms with van der Waals surface area (Å²) in [7, 11) is 0. The molecule has 3 aromatic rings. The van der Waals surface area contributed by atoms with E-state index < -0.39 is 0 Å². The Morgan fingerprint density at radius 1 is 0.926 bits per heavy atom. The van der Waals surface area contributed by atoms with Crippen LogP contribution in [-0.2, 0) is 11.2 Å². The molecule has 0 radical (unpaired) electrons. The summed E-state index contributed by atoms with van der Waals surface area (Å²) in [5.41, 5.74) is 2.58. The lowest BCUT2D eigenvalue weighted by Crippen LogP contribution is -2.31. The maximum Gasteiger partial charge on any atom is 0.251 e. The van der Waals surface area contributed by atoms with Crippen LogP contribution in [0.1, 0.15) is 22.3 Å². The molecular weight excluding hydrogens is 362 g/mol. The van der Waals surface area contributed by atoms with Gasteiger partial charge in [-0.25, -0.2) is 0 Å². The topological polar surface area (TPSA) is 71.1 Å². The number of rotatable bonds is 7. The van der Waals surface area contributed by atoms with Gasteiger partial charge >= 0.3 is 0 Å². The first-order valence-corrected chi connectivity index (χ1v) is 9.14. The molecule has 0 saturated heterocycles. The Morgan fingerprint density at radius 3 is 2.52 bits per heavy atom. The number of hydrogen-bond acceptors (Lipinski definition) is 3. The molecule has 1 aromatic heterocycles. The van der Waals surface area contributed by atoms with Gasteiger partial charge in [0.25, 0.3) is 5.91 Å². The van der Waals surface area contributed by atoms with E-state index in [4.69, 9.17) is 11.6 Å². The first-order valence-electron chi connectivity index (χ1n) is 8.76. The van der Waals surface area contributed by atoms with Crippen molar-refractivity contribution >= 4 is 34.3 Å². The van der Waals surface area contributed by atoms with Gasteiger partial charge in [-0.3, -0.25) is 14.6 Å². The highest BCUT2D eigenvalue weighted by atomic mass is 35.5. The molecule has 0 aliphatic carbocycles. The summed E-state index contributed by atoms with van der Waals surface area (Å²) >= 11 is 5.80. The number of pyridine rings is 1. The first kappa shape index (κ1) is 18.9. The third kappa shape index (κ3) is 5.28. The second kappa shape index (κ2) is 9.14. The molecule has 2 aromatic carbocycles. The Bertz CT molecular complexity index is 936. The molecule has 0 bridgehead atoms. The Hall–Kier alpha value is -2.92. The van der Waals surface area contributed by atoms with Gasteiger partial charge in [-0.05, 0) is 42.3 Å². The van der Waals surface area contributed by atoms with Gasteiger partial charge in [-0.15, -0.1) is 0 Å². The molecule has 27 heavy (non-hydrogen) atoms. The predicted molar refractivity (Wildman–Crippen MR) is 107 cm³/mol. The number of nitrogens with zero attached hydrogens (tertiary/aromatic N) is 1. The molecule has 2 amide bonds. The lowest BCUT2D eigenvalue weighted by atomic mass is 10.1. The number of amides is 2. The maximum atomic E-state index is 12.0. The van der Waals surface area contributed by atoms with Crippen LogP contribution in [0.3, 0.4) is 0 Å². The molecule has 3 rings (SSSR count). The van der Waals surface area contributed by atoms with Gasteiger partial charge in [0.05, 0.1) is 5.52 Å². The van der Waals surface area contributed by atoms with Crippen molar-refractivity contribution < 1.29 is 9.59 Å². The summed E-state index contributed by atoms with van der Waals surface area (Å²) in [5.74, 6) is -0.319. The van der Waals surface area contributed by atoms with Crippen molar-refractivity contribution in [3.63, 3.8) is 0 Å². The van der Waals surface area contributed by atoms with E-state index in [0.717, 1.165) is 16.5 Å². The minimum absolute atomic E-state index is 0.0976. The third-order valence-corrected chi connectivity index (χ3v) is 4.43. The third-order valence-electron chi connectivity index (χ3n) is 4.18. The Balaban J connectivity index is 1.41. The number of carbonyl (C=O) groups excluding carboxylic acids is 2. The Morgan fingerprint density at radius 2 is 1.70 bits per heavy atom. The van der Waals surface area contributed by atoms with Crippen molar-refractivity contribution in [2.45, 2.75) is 12.8 Å². The zero-order valence-electron chi connectivity index (χ0n) is 14.7. The molecule has 0 aliphatic heterocycles. The summed E-state index contributed by atoms with van der Waals surface area (Å²) in [6.07, 6.45) is 2.71. The largest absolute Gasteiger partial charge is 0.356 e. The van der Waals surface area contributed by atoms with Crippen LogP contribution in [0.4, 0.5) is 0 Å². The van der Waals surface area contributed by atoms with Crippen LogP contribution in [0.25, 0.3) is 10.9 Å². The Kier molecular flexibility index (Phi) is 6.39. The molecule has 5 nitrogen and oxygen atoms in total. The minimum Gasteiger partial charge on any atom is -0.356 e. The first-order chi connectivity index (χ1) is 13.1. The van der Waals surface area contributed by atoms with Crippen LogP contribution in [0, 0.1) is 0 Å². The van der Waals surface area contributed by atoms with Gasteiger partial charge in [0.1, 0.15) is 0 Å². The van der Waals surface area contributed by atoms with E-state index in [1.165, 1.54) is 0 Å². The lowest BCUT2D eigenvalue weighted by molar-refractivity contribution is -0.120. The molecule has 138 valence electrons. The summed E-state index contributed by atoms with van der Waals surface area (Å²) < 4.78 is 0. The predicted octanol–water partition coefficient (Wildman–Crippen LogP) is 3.37. The number of aromatic nitrogens is 1. The molecule has 2 N–H and O–H groups in total. The summed E-state index contributed by atoms with van der Waals surface area (Å²) in [6.45, 7) is 0.808. The highest BCUT2D eigenvalue weighted by Gasteiger charge is 2.07. The van der Waals surface area contributed by atoms with Crippen LogP contribution < -0.4 is 10.6 Å². The Labute approximate surface area is 162 Å². The van der Waals surface area contributed by atoms with Crippen molar-refractivity contribution in [3.8, 4) is 0 Å². The van der Waals surface area contributed by atoms with E-state index in [2.05, 4.69) is 15.6 Å². The summed E-state index contributed by atoms with van der Waals surface area (Å²) in [5, 5.41) is 7.28. The zero-order chi connectivity index (χ0) is 19.1. The van der Waals surface area contributed by atoms with Crippen molar-refractivity contribution in [2.24, 2.45) is 0 Å². The molecule has 0 fully saturated rings. The molecule has 0 aliphatic rings. The van der Waals surface area contributed by atoms with Crippen molar-refractivity contribution in [2.75, 3.05) is 13.1 Å². The van der Waals surface area contributed by atoms with E-state index in [1.807, 2.05) is 30.3 Å². The average Bonchev–Trinajstić information content (AvgIpc) is 2.68. The monoisotopic (exact) mass is 381 g/mol. The van der Waals surface area contributed by atoms with E-state index in [1.54, 1.807) is 30.5 Å². The SMILES string of the molecule is O=C(CCNC(=O)c1ccc(Cl)cc1)NCCc1cccc2cccnc12.